The van der Waals surface area contributed by atoms with Gasteiger partial charge >= 0.3 is 11.9 Å². The molecule has 1 aliphatic rings. The summed E-state index contributed by atoms with van der Waals surface area (Å²) >= 11 is 0. The molecule has 1 heterocycles. The quantitative estimate of drug-likeness (QED) is 0.211. The number of para-hydroxylation sites is 1. The lowest BCUT2D eigenvalue weighted by atomic mass is 9.67. The van der Waals surface area contributed by atoms with Crippen molar-refractivity contribution in [3.05, 3.63) is 88.5 Å². The van der Waals surface area contributed by atoms with Crippen LogP contribution in [0.1, 0.15) is 83.2 Å². The minimum atomic E-state index is -1.37. The van der Waals surface area contributed by atoms with E-state index < -0.39 is 17.4 Å². The van der Waals surface area contributed by atoms with Gasteiger partial charge in [-0.25, -0.2) is 0 Å². The van der Waals surface area contributed by atoms with Crippen molar-refractivity contribution in [2.75, 3.05) is 31.7 Å². The number of fused-ring (bicyclic) bond motifs is 1. The maximum atomic E-state index is 14.7. The fourth-order valence-electron chi connectivity index (χ4n) is 5.44. The van der Waals surface area contributed by atoms with Gasteiger partial charge in [0.05, 0.1) is 0 Å². The molecular weight excluding hydrogens is 558 g/mol. The van der Waals surface area contributed by atoms with Crippen LogP contribution >= 0.6 is 0 Å². The molecule has 1 amide bonds. The van der Waals surface area contributed by atoms with Crippen molar-refractivity contribution in [1.29, 1.82) is 0 Å². The van der Waals surface area contributed by atoms with Crippen LogP contribution in [-0.2, 0) is 40.1 Å². The number of benzene rings is 3. The fourth-order valence-corrected chi connectivity index (χ4v) is 5.44. The van der Waals surface area contributed by atoms with Crippen molar-refractivity contribution in [3.63, 3.8) is 0 Å². The van der Waals surface area contributed by atoms with E-state index in [0.29, 0.717) is 28.3 Å². The van der Waals surface area contributed by atoms with Gasteiger partial charge in [-0.15, -0.1) is 0 Å². The van der Waals surface area contributed by atoms with Gasteiger partial charge in [-0.2, -0.15) is 0 Å². The molecule has 1 aliphatic heterocycles. The number of amides is 1. The Morgan fingerprint density at radius 1 is 0.659 bits per heavy atom. The van der Waals surface area contributed by atoms with Crippen LogP contribution in [-0.4, -0.2) is 44.3 Å². The van der Waals surface area contributed by atoms with Crippen LogP contribution in [0.4, 0.5) is 5.69 Å². The zero-order valence-corrected chi connectivity index (χ0v) is 27.0. The smallest absolute Gasteiger partial charge is 0.302 e. The molecule has 0 unspecified atom stereocenters. The maximum absolute atomic E-state index is 14.7. The van der Waals surface area contributed by atoms with E-state index in [9.17, 15) is 14.4 Å². The van der Waals surface area contributed by atoms with Gasteiger partial charge in [0.25, 0.3) is 0 Å². The summed E-state index contributed by atoms with van der Waals surface area (Å²) in [5.41, 5.74) is 2.92. The van der Waals surface area contributed by atoms with Crippen molar-refractivity contribution in [3.8, 4) is 11.5 Å². The van der Waals surface area contributed by atoms with Gasteiger partial charge in [0.2, 0.25) is 5.91 Å². The molecule has 4 rings (SSSR count). The average molecular weight is 602 g/mol. The molecule has 0 fully saturated rings. The minimum absolute atomic E-state index is 0.0651. The lowest BCUT2D eigenvalue weighted by Gasteiger charge is -2.34. The molecule has 0 aliphatic carbocycles. The van der Waals surface area contributed by atoms with Crippen molar-refractivity contribution in [2.45, 2.75) is 71.6 Å². The number of carbonyl (C=O) groups excluding carboxylic acids is 3. The monoisotopic (exact) mass is 601 g/mol. The number of esters is 2. The molecule has 44 heavy (non-hydrogen) atoms. The highest BCUT2D eigenvalue weighted by atomic mass is 16.6. The number of nitrogens with one attached hydrogen (secondary N) is 1. The van der Waals surface area contributed by atoms with Gasteiger partial charge in [-0.3, -0.25) is 14.4 Å². The van der Waals surface area contributed by atoms with Crippen LogP contribution in [0, 0.1) is 0 Å². The second-order valence-electron chi connectivity index (χ2n) is 13.0. The van der Waals surface area contributed by atoms with Gasteiger partial charge in [-0.05, 0) is 52.3 Å². The molecule has 0 saturated heterocycles. The third-order valence-corrected chi connectivity index (χ3v) is 7.71. The molecule has 0 radical (unpaired) electrons. The Balaban J connectivity index is 2.04. The van der Waals surface area contributed by atoms with Gasteiger partial charge in [0.15, 0.2) is 0 Å². The van der Waals surface area contributed by atoms with E-state index in [-0.39, 0.29) is 43.2 Å². The second kappa shape index (κ2) is 12.7. The van der Waals surface area contributed by atoms with E-state index in [1.54, 1.807) is 0 Å². The van der Waals surface area contributed by atoms with E-state index >= 15 is 0 Å². The van der Waals surface area contributed by atoms with E-state index in [2.05, 4.69) is 46.9 Å². The topological polar surface area (TPSA) is 100 Å². The van der Waals surface area contributed by atoms with E-state index in [1.165, 1.54) is 13.8 Å². The summed E-state index contributed by atoms with van der Waals surface area (Å²) in [6.07, 6.45) is 0. The molecular formula is C36H43NO7. The van der Waals surface area contributed by atoms with Crippen molar-refractivity contribution in [2.24, 2.45) is 0 Å². The molecule has 0 saturated carbocycles. The Morgan fingerprint density at radius 3 is 1.55 bits per heavy atom. The van der Waals surface area contributed by atoms with Crippen LogP contribution in [0.15, 0.2) is 60.7 Å². The molecule has 0 aromatic heterocycles. The largest absolute Gasteiger partial charge is 0.490 e. The Kier molecular flexibility index (Phi) is 9.42. The van der Waals surface area contributed by atoms with Gasteiger partial charge in [-0.1, -0.05) is 71.9 Å². The summed E-state index contributed by atoms with van der Waals surface area (Å²) in [4.78, 5) is 37.5. The molecule has 8 nitrogen and oxygen atoms in total. The SMILES string of the molecule is CC(=O)OCCOc1ccc(C(C)(C)C)cc1C1(c2cc(C(C)(C)C)ccc2OCCOC(C)=O)C(=O)Nc2ccccc21. The predicted octanol–water partition coefficient (Wildman–Crippen LogP) is 6.45. The van der Waals surface area contributed by atoms with Crippen molar-refractivity contribution >= 4 is 23.5 Å². The first-order valence-corrected chi connectivity index (χ1v) is 14.9. The first kappa shape index (κ1) is 32.6. The van der Waals surface area contributed by atoms with E-state index in [0.717, 1.165) is 16.7 Å². The van der Waals surface area contributed by atoms with E-state index in [4.69, 9.17) is 18.9 Å². The molecule has 0 bridgehead atoms. The molecule has 234 valence electrons. The van der Waals surface area contributed by atoms with Crippen molar-refractivity contribution < 1.29 is 33.3 Å². The predicted molar refractivity (Wildman–Crippen MR) is 169 cm³/mol. The Labute approximate surface area is 260 Å². The van der Waals surface area contributed by atoms with Crippen LogP contribution in [0.2, 0.25) is 0 Å². The van der Waals surface area contributed by atoms with E-state index in [1.807, 2.05) is 60.7 Å². The summed E-state index contributed by atoms with van der Waals surface area (Å²) in [6.45, 7) is 15.7. The summed E-state index contributed by atoms with van der Waals surface area (Å²) in [5.74, 6) is -0.0578. The average Bonchev–Trinajstić information content (AvgIpc) is 3.24. The highest BCUT2D eigenvalue weighted by Crippen LogP contribution is 2.54. The third-order valence-electron chi connectivity index (χ3n) is 7.71. The van der Waals surface area contributed by atoms with Crippen LogP contribution in [0.3, 0.4) is 0 Å². The van der Waals surface area contributed by atoms with Crippen LogP contribution < -0.4 is 14.8 Å². The lowest BCUT2D eigenvalue weighted by molar-refractivity contribution is -0.142. The first-order chi connectivity index (χ1) is 20.7. The standard InChI is InChI=1S/C36H43NO7/c1-23(38)41-17-19-43-31-15-13-25(34(3,4)5)21-28(31)36(27-11-9-10-12-30(27)37-33(36)40)29-22-26(35(6,7)8)14-16-32(29)44-20-18-42-24(2)39/h9-16,21-22H,17-20H2,1-8H3,(H,37,40). The first-order valence-electron chi connectivity index (χ1n) is 14.9. The number of rotatable bonds is 10. The zero-order chi connectivity index (χ0) is 32.3. The maximum Gasteiger partial charge on any atom is 0.302 e. The van der Waals surface area contributed by atoms with Gasteiger partial charge < -0.3 is 24.3 Å². The van der Waals surface area contributed by atoms with Gasteiger partial charge in [0, 0.05) is 36.2 Å². The minimum Gasteiger partial charge on any atom is -0.490 e. The number of hydrogen-bond donors (Lipinski definition) is 1. The van der Waals surface area contributed by atoms with Crippen LogP contribution in [0.5, 0.6) is 11.5 Å². The molecule has 3 aromatic rings. The summed E-state index contributed by atoms with van der Waals surface area (Å²) in [5, 5.41) is 3.13. The molecule has 0 spiro atoms. The normalized spacial score (nSPS) is 14.0. The summed E-state index contributed by atoms with van der Waals surface area (Å²) in [6, 6.07) is 19.5. The summed E-state index contributed by atoms with van der Waals surface area (Å²) < 4.78 is 22.8. The number of hydrogen-bond acceptors (Lipinski definition) is 7. The Hall–Kier alpha value is -4.33. The third kappa shape index (κ3) is 6.74. The number of carbonyl (C=O) groups is 3. The number of anilines is 1. The fraction of sp³-hybridized carbons (Fsp3) is 0.417. The molecule has 8 heteroatoms. The highest BCUT2D eigenvalue weighted by molar-refractivity contribution is 6.12. The molecule has 0 atom stereocenters. The highest BCUT2D eigenvalue weighted by Gasteiger charge is 2.53. The summed E-state index contributed by atoms with van der Waals surface area (Å²) in [7, 11) is 0. The van der Waals surface area contributed by atoms with Crippen LogP contribution in [0.25, 0.3) is 0 Å². The Bertz CT molecular complexity index is 1460. The van der Waals surface area contributed by atoms with Gasteiger partial charge in [0.1, 0.15) is 43.3 Å². The lowest BCUT2D eigenvalue weighted by Crippen LogP contribution is -2.39. The molecule has 1 N–H and O–H groups in total. The number of ether oxygens (including phenoxy) is 4. The molecule has 3 aromatic carbocycles. The Morgan fingerprint density at radius 2 is 1.11 bits per heavy atom. The zero-order valence-electron chi connectivity index (χ0n) is 27.0. The van der Waals surface area contributed by atoms with Crippen molar-refractivity contribution in [1.82, 2.24) is 0 Å². The second-order valence-corrected chi connectivity index (χ2v) is 13.0.